The molecule has 108 valence electrons. The van der Waals surface area contributed by atoms with Gasteiger partial charge in [-0.1, -0.05) is 30.3 Å². The zero-order chi connectivity index (χ0) is 15.2. The van der Waals surface area contributed by atoms with Crippen LogP contribution in [0.1, 0.15) is 15.9 Å². The second kappa shape index (κ2) is 6.65. The largest absolute Gasteiger partial charge is 0.480 e. The van der Waals surface area contributed by atoms with E-state index in [0.29, 0.717) is 11.1 Å². The van der Waals surface area contributed by atoms with Crippen molar-refractivity contribution in [2.24, 2.45) is 0 Å². The summed E-state index contributed by atoms with van der Waals surface area (Å²) in [6.45, 7) is 0. The summed E-state index contributed by atoms with van der Waals surface area (Å²) in [5, 5.41) is 11.6. The van der Waals surface area contributed by atoms with Gasteiger partial charge in [0, 0.05) is 12.0 Å². The van der Waals surface area contributed by atoms with E-state index < -0.39 is 23.7 Å². The maximum Gasteiger partial charge on any atom is 0.326 e. The summed E-state index contributed by atoms with van der Waals surface area (Å²) in [5.41, 5.74) is 0.888. The summed E-state index contributed by atoms with van der Waals surface area (Å²) in [6.07, 6.45) is 0.0195. The van der Waals surface area contributed by atoms with Crippen molar-refractivity contribution in [3.8, 4) is 0 Å². The van der Waals surface area contributed by atoms with E-state index in [9.17, 15) is 19.1 Å². The highest BCUT2D eigenvalue weighted by atomic mass is 19.1. The average Bonchev–Trinajstić information content (AvgIpc) is 2.47. The normalized spacial score (nSPS) is 11.7. The Balaban J connectivity index is 2.09. The topological polar surface area (TPSA) is 66.4 Å². The Morgan fingerprint density at radius 3 is 2.43 bits per heavy atom. The molecule has 2 aromatic carbocycles. The van der Waals surface area contributed by atoms with Crippen LogP contribution in [0.5, 0.6) is 0 Å². The Morgan fingerprint density at radius 2 is 1.81 bits per heavy atom. The Kier molecular flexibility index (Phi) is 4.66. The molecule has 0 radical (unpaired) electrons. The minimum Gasteiger partial charge on any atom is -0.480 e. The third-order valence-electron chi connectivity index (χ3n) is 2.97. The Morgan fingerprint density at radius 1 is 1.10 bits per heavy atom. The lowest BCUT2D eigenvalue weighted by atomic mass is 10.1. The van der Waals surface area contributed by atoms with Crippen LogP contribution in [0.4, 0.5) is 4.39 Å². The zero-order valence-corrected chi connectivity index (χ0v) is 11.1. The van der Waals surface area contributed by atoms with Gasteiger partial charge in [0.1, 0.15) is 11.9 Å². The first kappa shape index (κ1) is 14.7. The molecule has 0 heterocycles. The van der Waals surface area contributed by atoms with Gasteiger partial charge in [-0.25, -0.2) is 9.18 Å². The second-order valence-corrected chi connectivity index (χ2v) is 4.56. The number of hydrogen-bond acceptors (Lipinski definition) is 2. The molecule has 1 amide bonds. The molecule has 0 bridgehead atoms. The Labute approximate surface area is 121 Å². The first-order valence-corrected chi connectivity index (χ1v) is 6.39. The van der Waals surface area contributed by atoms with Crippen LogP contribution in [-0.4, -0.2) is 23.0 Å². The molecule has 2 rings (SSSR count). The molecule has 0 unspecified atom stereocenters. The molecule has 2 N–H and O–H groups in total. The van der Waals surface area contributed by atoms with Gasteiger partial charge in [0.15, 0.2) is 0 Å². The van der Waals surface area contributed by atoms with Gasteiger partial charge in [-0.3, -0.25) is 4.79 Å². The van der Waals surface area contributed by atoms with E-state index in [1.54, 1.807) is 36.4 Å². The van der Waals surface area contributed by atoms with Crippen LogP contribution < -0.4 is 5.32 Å². The third kappa shape index (κ3) is 4.14. The fourth-order valence-electron chi connectivity index (χ4n) is 1.93. The summed E-state index contributed by atoms with van der Waals surface area (Å²) >= 11 is 0. The van der Waals surface area contributed by atoms with Gasteiger partial charge < -0.3 is 10.4 Å². The number of amides is 1. The molecular formula is C16H14FNO3. The molecule has 21 heavy (non-hydrogen) atoms. The summed E-state index contributed by atoms with van der Waals surface area (Å²) in [6, 6.07) is 12.9. The van der Waals surface area contributed by atoms with Crippen LogP contribution in [0.3, 0.4) is 0 Å². The van der Waals surface area contributed by atoms with Crippen LogP contribution in [0.25, 0.3) is 0 Å². The van der Waals surface area contributed by atoms with Crippen LogP contribution in [-0.2, 0) is 11.2 Å². The Hall–Kier alpha value is -2.69. The molecule has 0 spiro atoms. The van der Waals surface area contributed by atoms with Crippen molar-refractivity contribution in [1.82, 2.24) is 5.32 Å². The number of carbonyl (C=O) groups excluding carboxylic acids is 1. The summed E-state index contributed by atoms with van der Waals surface area (Å²) in [4.78, 5) is 23.2. The fraction of sp³-hybridized carbons (Fsp3) is 0.125. The highest BCUT2D eigenvalue weighted by Gasteiger charge is 2.21. The van der Waals surface area contributed by atoms with E-state index in [0.717, 1.165) is 0 Å². The van der Waals surface area contributed by atoms with Gasteiger partial charge in [0.25, 0.3) is 5.91 Å². The van der Waals surface area contributed by atoms with Crippen molar-refractivity contribution in [3.63, 3.8) is 0 Å². The number of hydrogen-bond donors (Lipinski definition) is 2. The van der Waals surface area contributed by atoms with Gasteiger partial charge in [0.2, 0.25) is 0 Å². The smallest absolute Gasteiger partial charge is 0.326 e. The molecular weight excluding hydrogens is 273 g/mol. The van der Waals surface area contributed by atoms with Gasteiger partial charge in [-0.05, 0) is 29.8 Å². The van der Waals surface area contributed by atoms with Crippen LogP contribution in [0.2, 0.25) is 0 Å². The van der Waals surface area contributed by atoms with Crippen molar-refractivity contribution in [3.05, 3.63) is 71.5 Å². The van der Waals surface area contributed by atoms with Gasteiger partial charge in [-0.15, -0.1) is 0 Å². The number of aliphatic carboxylic acids is 1. The lowest BCUT2D eigenvalue weighted by molar-refractivity contribution is -0.139. The SMILES string of the molecule is O=C(N[C@@H](Cc1cccc(F)c1)C(=O)O)c1ccccc1. The van der Waals surface area contributed by atoms with Crippen LogP contribution in [0, 0.1) is 5.82 Å². The maximum absolute atomic E-state index is 13.1. The summed E-state index contributed by atoms with van der Waals surface area (Å²) in [5.74, 6) is -2.08. The van der Waals surface area contributed by atoms with E-state index in [-0.39, 0.29) is 6.42 Å². The summed E-state index contributed by atoms with van der Waals surface area (Å²) < 4.78 is 13.1. The van der Waals surface area contributed by atoms with E-state index in [4.69, 9.17) is 0 Å². The molecule has 4 nitrogen and oxygen atoms in total. The lowest BCUT2D eigenvalue weighted by Crippen LogP contribution is -2.42. The molecule has 0 saturated carbocycles. The highest BCUT2D eigenvalue weighted by Crippen LogP contribution is 2.08. The molecule has 5 heteroatoms. The predicted octanol–water partition coefficient (Wildman–Crippen LogP) is 2.25. The van der Waals surface area contributed by atoms with Crippen molar-refractivity contribution in [2.75, 3.05) is 0 Å². The number of benzene rings is 2. The van der Waals surface area contributed by atoms with Crippen molar-refractivity contribution in [1.29, 1.82) is 0 Å². The molecule has 0 aliphatic heterocycles. The molecule has 0 aliphatic rings. The number of nitrogens with one attached hydrogen (secondary N) is 1. The highest BCUT2D eigenvalue weighted by molar-refractivity contribution is 5.96. The number of rotatable bonds is 5. The number of carboxylic acid groups (broad SMARTS) is 1. The van der Waals surface area contributed by atoms with Crippen molar-refractivity contribution >= 4 is 11.9 Å². The van der Waals surface area contributed by atoms with Gasteiger partial charge in [-0.2, -0.15) is 0 Å². The minimum atomic E-state index is -1.16. The van der Waals surface area contributed by atoms with Crippen molar-refractivity contribution in [2.45, 2.75) is 12.5 Å². The zero-order valence-electron chi connectivity index (χ0n) is 11.1. The Bertz CT molecular complexity index is 643. The van der Waals surface area contributed by atoms with Crippen molar-refractivity contribution < 1.29 is 19.1 Å². The third-order valence-corrected chi connectivity index (χ3v) is 2.97. The van der Waals surface area contributed by atoms with Crippen LogP contribution >= 0.6 is 0 Å². The molecule has 2 aromatic rings. The maximum atomic E-state index is 13.1. The number of carbonyl (C=O) groups is 2. The fourth-order valence-corrected chi connectivity index (χ4v) is 1.93. The first-order chi connectivity index (χ1) is 10.1. The number of halogens is 1. The molecule has 0 aliphatic carbocycles. The van der Waals surface area contributed by atoms with E-state index in [2.05, 4.69) is 5.32 Å². The molecule has 1 atom stereocenters. The first-order valence-electron chi connectivity index (χ1n) is 6.39. The minimum absolute atomic E-state index is 0.0195. The quantitative estimate of drug-likeness (QED) is 0.886. The molecule has 0 fully saturated rings. The van der Waals surface area contributed by atoms with Crippen LogP contribution in [0.15, 0.2) is 54.6 Å². The van der Waals surface area contributed by atoms with Gasteiger partial charge >= 0.3 is 5.97 Å². The lowest BCUT2D eigenvalue weighted by Gasteiger charge is -2.14. The average molecular weight is 287 g/mol. The van der Waals surface area contributed by atoms with E-state index >= 15 is 0 Å². The number of carboxylic acids is 1. The molecule has 0 saturated heterocycles. The second-order valence-electron chi connectivity index (χ2n) is 4.56. The van der Waals surface area contributed by atoms with E-state index in [1.165, 1.54) is 18.2 Å². The van der Waals surface area contributed by atoms with Gasteiger partial charge in [0.05, 0.1) is 0 Å². The summed E-state index contributed by atoms with van der Waals surface area (Å²) in [7, 11) is 0. The monoisotopic (exact) mass is 287 g/mol. The predicted molar refractivity (Wildman–Crippen MR) is 75.4 cm³/mol. The van der Waals surface area contributed by atoms with E-state index in [1.807, 2.05) is 0 Å². The standard InChI is InChI=1S/C16H14FNO3/c17-13-8-4-5-11(9-13)10-14(16(20)21)18-15(19)12-6-2-1-3-7-12/h1-9,14H,10H2,(H,18,19)(H,20,21)/t14-/m0/s1. The molecule has 0 aromatic heterocycles.